The Hall–Kier alpha value is -1.86. The molecular formula is C24H35BrN4OS. The first kappa shape index (κ1) is 27.2. The zero-order valence-corrected chi connectivity index (χ0v) is 20.8. The van der Waals surface area contributed by atoms with Crippen molar-refractivity contribution in [2.24, 2.45) is 16.0 Å². The van der Waals surface area contributed by atoms with Crippen molar-refractivity contribution in [1.29, 1.82) is 0 Å². The second-order valence-electron chi connectivity index (χ2n) is 7.33. The van der Waals surface area contributed by atoms with E-state index in [0.717, 1.165) is 48.6 Å². The van der Waals surface area contributed by atoms with E-state index in [-0.39, 0.29) is 17.0 Å². The summed E-state index contributed by atoms with van der Waals surface area (Å²) in [5, 5.41) is 14.5. The molecule has 7 heteroatoms. The lowest BCUT2D eigenvalue weighted by Gasteiger charge is -2.06. The van der Waals surface area contributed by atoms with Gasteiger partial charge in [0.25, 0.3) is 5.17 Å². The molecule has 0 saturated carbocycles. The number of nitrogens with zero attached hydrogens (tertiary/aromatic N) is 2. The minimum Gasteiger partial charge on any atom is -1.00 e. The molecule has 5 nitrogen and oxygen atoms in total. The highest BCUT2D eigenvalue weighted by molar-refractivity contribution is 8.13. The largest absolute Gasteiger partial charge is 1.00 e. The summed E-state index contributed by atoms with van der Waals surface area (Å²) in [6.45, 7) is 2.95. The Balaban J connectivity index is 0.00000480. The van der Waals surface area contributed by atoms with Crippen molar-refractivity contribution in [2.45, 2.75) is 58.3 Å². The van der Waals surface area contributed by atoms with E-state index in [1.54, 1.807) is 0 Å². The van der Waals surface area contributed by atoms with Crippen LogP contribution in [-0.4, -0.2) is 17.5 Å². The highest BCUT2D eigenvalue weighted by Crippen LogP contribution is 2.22. The highest BCUT2D eigenvalue weighted by atomic mass is 79.9. The third kappa shape index (κ3) is 12.6. The normalized spacial score (nSPS) is 10.7. The van der Waals surface area contributed by atoms with Crippen molar-refractivity contribution < 1.29 is 27.1 Å². The molecule has 0 atom stereocenters. The van der Waals surface area contributed by atoms with Crippen LogP contribution in [-0.2, 0) is 6.42 Å². The smallest absolute Gasteiger partial charge is 0.299 e. The van der Waals surface area contributed by atoms with E-state index in [1.165, 1.54) is 43.0 Å². The number of rotatable bonds is 14. The van der Waals surface area contributed by atoms with Gasteiger partial charge in [-0.3, -0.25) is 11.1 Å². The van der Waals surface area contributed by atoms with Crippen LogP contribution >= 0.6 is 11.8 Å². The third-order valence-electron chi connectivity index (χ3n) is 4.70. The Labute approximate surface area is 201 Å². The number of hydrogen-bond donors (Lipinski definition) is 2. The minimum atomic E-state index is 0. The number of nitrogens with two attached hydrogens (primary N) is 2. The summed E-state index contributed by atoms with van der Waals surface area (Å²) in [5.41, 5.74) is 8.49. The maximum atomic E-state index is 5.78. The number of aryl methyl sites for hydroxylation is 1. The molecule has 0 saturated heterocycles. The number of amidine groups is 1. The monoisotopic (exact) mass is 506 g/mol. The van der Waals surface area contributed by atoms with Gasteiger partial charge in [0.15, 0.2) is 0 Å². The lowest BCUT2D eigenvalue weighted by Crippen LogP contribution is -3.00. The fourth-order valence-electron chi connectivity index (χ4n) is 2.97. The second kappa shape index (κ2) is 16.8. The molecule has 0 aromatic heterocycles. The molecule has 0 fully saturated rings. The van der Waals surface area contributed by atoms with E-state index in [0.29, 0.717) is 11.8 Å². The van der Waals surface area contributed by atoms with Gasteiger partial charge in [-0.15, -0.1) is 0 Å². The Morgan fingerprint density at radius 1 is 0.871 bits per heavy atom. The number of hydrogen-bond acceptors (Lipinski definition) is 4. The maximum Gasteiger partial charge on any atom is 0.299 e. The number of benzene rings is 2. The van der Waals surface area contributed by atoms with Crippen molar-refractivity contribution in [3.63, 3.8) is 0 Å². The van der Waals surface area contributed by atoms with Crippen molar-refractivity contribution in [2.75, 3.05) is 12.4 Å². The Kier molecular flexibility index (Phi) is 14.7. The molecule has 0 radical (unpaired) electrons. The zero-order valence-electron chi connectivity index (χ0n) is 18.4. The summed E-state index contributed by atoms with van der Waals surface area (Å²) < 4.78 is 5.78. The number of halogens is 1. The summed E-state index contributed by atoms with van der Waals surface area (Å²) >= 11 is 1.51. The van der Waals surface area contributed by atoms with Crippen molar-refractivity contribution in [3.05, 3.63) is 54.1 Å². The average molecular weight is 508 g/mol. The Bertz CT molecular complexity index is 766. The van der Waals surface area contributed by atoms with Crippen molar-refractivity contribution >= 4 is 28.3 Å². The van der Waals surface area contributed by atoms with E-state index in [9.17, 15) is 0 Å². The summed E-state index contributed by atoms with van der Waals surface area (Å²) in [4.78, 5) is 0. The van der Waals surface area contributed by atoms with Gasteiger partial charge in [0, 0.05) is 5.75 Å². The van der Waals surface area contributed by atoms with Crippen LogP contribution in [0, 0.1) is 0 Å². The zero-order chi connectivity index (χ0) is 21.4. The van der Waals surface area contributed by atoms with Crippen molar-refractivity contribution in [3.8, 4) is 5.75 Å². The molecule has 2 aromatic carbocycles. The van der Waals surface area contributed by atoms with E-state index < -0.39 is 0 Å². The van der Waals surface area contributed by atoms with Gasteiger partial charge in [-0.05, 0) is 85.8 Å². The Morgan fingerprint density at radius 3 is 2.10 bits per heavy atom. The third-order valence-corrected chi connectivity index (χ3v) is 5.53. The van der Waals surface area contributed by atoms with Gasteiger partial charge in [0.1, 0.15) is 5.75 Å². The van der Waals surface area contributed by atoms with Crippen LogP contribution in [0.3, 0.4) is 0 Å². The number of ether oxygens (including phenoxy) is 1. The lowest BCUT2D eigenvalue weighted by atomic mass is 10.1. The Morgan fingerprint density at radius 2 is 1.48 bits per heavy atom. The van der Waals surface area contributed by atoms with Gasteiger partial charge >= 0.3 is 0 Å². The van der Waals surface area contributed by atoms with Crippen LogP contribution in [0.2, 0.25) is 0 Å². The average Bonchev–Trinajstić information content (AvgIpc) is 2.76. The van der Waals surface area contributed by atoms with E-state index >= 15 is 0 Å². The minimum absolute atomic E-state index is 0. The second-order valence-corrected chi connectivity index (χ2v) is 8.50. The molecule has 0 spiro atoms. The first-order chi connectivity index (χ1) is 14.7. The van der Waals surface area contributed by atoms with E-state index in [4.69, 9.17) is 15.9 Å². The first-order valence-electron chi connectivity index (χ1n) is 10.9. The van der Waals surface area contributed by atoms with Crippen LogP contribution in [0.1, 0.15) is 57.4 Å². The predicted octanol–water partition coefficient (Wildman–Crippen LogP) is 2.58. The van der Waals surface area contributed by atoms with Crippen LogP contribution in [0.5, 0.6) is 5.75 Å². The summed E-state index contributed by atoms with van der Waals surface area (Å²) in [5.74, 6) is 1.82. The standard InChI is InChI=1S/C24H34N4OS.BrH/c1-2-3-4-6-9-20-10-12-21(13-11-20)27-28-22-14-16-23(17-15-22)29-18-7-5-8-19-30-24(25)26;/h10-17H,2-9,18-19H2,1H3,(H3,25,26);1H. The molecule has 0 aliphatic carbocycles. The van der Waals surface area contributed by atoms with E-state index in [2.05, 4.69) is 29.3 Å². The predicted molar refractivity (Wildman–Crippen MR) is 128 cm³/mol. The molecule has 0 amide bonds. The summed E-state index contributed by atoms with van der Waals surface area (Å²) in [6, 6.07) is 16.1. The molecule has 0 heterocycles. The maximum absolute atomic E-state index is 5.78. The van der Waals surface area contributed by atoms with Gasteiger partial charge in [-0.25, -0.2) is 0 Å². The van der Waals surface area contributed by atoms with Crippen LogP contribution in [0.25, 0.3) is 0 Å². The molecule has 0 aliphatic rings. The molecule has 0 aliphatic heterocycles. The quantitative estimate of drug-likeness (QED) is 0.178. The molecule has 0 bridgehead atoms. The van der Waals surface area contributed by atoms with Gasteiger partial charge in [-0.2, -0.15) is 10.2 Å². The number of unbranched alkanes of at least 4 members (excludes halogenated alkanes) is 5. The molecule has 2 aromatic rings. The molecule has 0 unspecified atom stereocenters. The molecule has 31 heavy (non-hydrogen) atoms. The van der Waals surface area contributed by atoms with E-state index in [1.807, 2.05) is 36.4 Å². The topological polar surface area (TPSA) is 85.6 Å². The van der Waals surface area contributed by atoms with Gasteiger partial charge in [-0.1, -0.05) is 38.3 Å². The molecular weight excluding hydrogens is 472 g/mol. The van der Waals surface area contributed by atoms with Crippen LogP contribution < -0.4 is 32.9 Å². The fourth-order valence-corrected chi connectivity index (χ4v) is 3.55. The van der Waals surface area contributed by atoms with Gasteiger partial charge in [0.05, 0.1) is 18.0 Å². The lowest BCUT2D eigenvalue weighted by molar-refractivity contribution is -0.110. The molecule has 170 valence electrons. The molecule has 2 rings (SSSR count). The van der Waals surface area contributed by atoms with Crippen LogP contribution in [0.4, 0.5) is 11.4 Å². The summed E-state index contributed by atoms with van der Waals surface area (Å²) in [7, 11) is 0. The SMILES string of the molecule is CCCCCCc1ccc(N=Nc2ccc(OCCCCCSC(N)=[NH2+])cc2)cc1.[Br-]. The molecule has 4 N–H and O–H groups in total. The fraction of sp³-hybridized carbons (Fsp3) is 0.458. The summed E-state index contributed by atoms with van der Waals surface area (Å²) in [6.07, 6.45) is 9.50. The first-order valence-corrected chi connectivity index (χ1v) is 11.9. The van der Waals surface area contributed by atoms with Crippen LogP contribution in [0.15, 0.2) is 58.8 Å². The van der Waals surface area contributed by atoms with Gasteiger partial charge in [0.2, 0.25) is 0 Å². The van der Waals surface area contributed by atoms with Gasteiger partial charge < -0.3 is 21.7 Å². The highest BCUT2D eigenvalue weighted by Gasteiger charge is 1.99. The van der Waals surface area contributed by atoms with Crippen molar-refractivity contribution in [1.82, 2.24) is 0 Å². The number of azo groups is 1. The number of thioether (sulfide) groups is 1.